The highest BCUT2D eigenvalue weighted by Crippen LogP contribution is 2.31. The van der Waals surface area contributed by atoms with Gasteiger partial charge in [-0.15, -0.1) is 0 Å². The van der Waals surface area contributed by atoms with Crippen molar-refractivity contribution < 1.29 is 9.32 Å². The first-order valence-electron chi connectivity index (χ1n) is 9.84. The summed E-state index contributed by atoms with van der Waals surface area (Å²) in [5.41, 5.74) is 0.341. The van der Waals surface area contributed by atoms with Gasteiger partial charge in [-0.2, -0.15) is 4.98 Å². The Bertz CT molecular complexity index is 1060. The first-order valence-corrected chi connectivity index (χ1v) is 9.84. The molecule has 3 aromatic rings. The molecule has 150 valence electrons. The van der Waals surface area contributed by atoms with E-state index in [0.29, 0.717) is 24.1 Å². The van der Waals surface area contributed by atoms with Crippen LogP contribution in [-0.4, -0.2) is 37.5 Å². The highest BCUT2D eigenvalue weighted by atomic mass is 16.5. The topological polar surface area (TPSA) is 105 Å². The third-order valence-corrected chi connectivity index (χ3v) is 5.10. The SMILES string of the molecule is CC(C)c1noc(C2CCCCN2C(=O)c2cnc(-c3ccccc3)[nH]c2=O)n1. The predicted molar refractivity (Wildman–Crippen MR) is 106 cm³/mol. The largest absolute Gasteiger partial charge is 0.337 e. The van der Waals surface area contributed by atoms with Gasteiger partial charge in [0.2, 0.25) is 5.89 Å². The van der Waals surface area contributed by atoms with Gasteiger partial charge in [-0.25, -0.2) is 4.98 Å². The van der Waals surface area contributed by atoms with Crippen molar-refractivity contribution in [3.8, 4) is 11.4 Å². The standard InChI is InChI=1S/C21H23N5O3/c1-13(2)17-24-20(29-25-17)16-10-6-7-11-26(16)21(28)15-12-22-18(23-19(15)27)14-8-4-3-5-9-14/h3-5,8-9,12-13,16H,6-7,10-11H2,1-2H3,(H,22,23,27). The Kier molecular flexibility index (Phi) is 5.24. The fourth-order valence-corrected chi connectivity index (χ4v) is 3.49. The third kappa shape index (κ3) is 3.83. The number of likely N-dealkylation sites (tertiary alicyclic amines) is 1. The van der Waals surface area contributed by atoms with Crippen LogP contribution < -0.4 is 5.56 Å². The van der Waals surface area contributed by atoms with Crippen molar-refractivity contribution in [2.45, 2.75) is 45.1 Å². The van der Waals surface area contributed by atoms with Crippen molar-refractivity contribution in [2.24, 2.45) is 0 Å². The number of benzene rings is 1. The Hall–Kier alpha value is -3.29. The Labute approximate surface area is 168 Å². The van der Waals surface area contributed by atoms with Crippen molar-refractivity contribution >= 4 is 5.91 Å². The lowest BCUT2D eigenvalue weighted by atomic mass is 10.0. The maximum atomic E-state index is 13.2. The van der Waals surface area contributed by atoms with Crippen LogP contribution >= 0.6 is 0 Å². The van der Waals surface area contributed by atoms with Crippen LogP contribution in [0.15, 0.2) is 45.8 Å². The van der Waals surface area contributed by atoms with Crippen LogP contribution in [0, 0.1) is 0 Å². The Morgan fingerprint density at radius 3 is 2.72 bits per heavy atom. The number of aromatic amines is 1. The molecule has 1 aliphatic rings. The zero-order valence-corrected chi connectivity index (χ0v) is 16.5. The summed E-state index contributed by atoms with van der Waals surface area (Å²) < 4.78 is 5.43. The molecule has 4 rings (SSSR count). The Morgan fingerprint density at radius 1 is 1.24 bits per heavy atom. The van der Waals surface area contributed by atoms with Crippen LogP contribution in [0.5, 0.6) is 0 Å². The lowest BCUT2D eigenvalue weighted by Crippen LogP contribution is -2.41. The minimum atomic E-state index is -0.457. The van der Waals surface area contributed by atoms with E-state index >= 15 is 0 Å². The van der Waals surface area contributed by atoms with E-state index in [1.165, 1.54) is 6.20 Å². The molecule has 8 heteroatoms. The molecule has 29 heavy (non-hydrogen) atoms. The smallest absolute Gasteiger partial charge is 0.264 e. The molecule has 1 N–H and O–H groups in total. The van der Waals surface area contributed by atoms with E-state index in [0.717, 1.165) is 24.8 Å². The van der Waals surface area contributed by atoms with E-state index in [1.807, 2.05) is 44.2 Å². The van der Waals surface area contributed by atoms with Crippen LogP contribution in [0.4, 0.5) is 0 Å². The highest BCUT2D eigenvalue weighted by Gasteiger charge is 2.34. The van der Waals surface area contributed by atoms with E-state index in [2.05, 4.69) is 20.1 Å². The summed E-state index contributed by atoms with van der Waals surface area (Å²) in [5, 5.41) is 4.02. The van der Waals surface area contributed by atoms with Gasteiger partial charge in [0.05, 0.1) is 0 Å². The van der Waals surface area contributed by atoms with Gasteiger partial charge in [0, 0.05) is 24.2 Å². The number of hydrogen-bond acceptors (Lipinski definition) is 6. The third-order valence-electron chi connectivity index (χ3n) is 5.10. The van der Waals surface area contributed by atoms with Gasteiger partial charge < -0.3 is 14.4 Å². The minimum absolute atomic E-state index is 0.0141. The Balaban J connectivity index is 1.62. The number of rotatable bonds is 4. The molecule has 1 amide bonds. The zero-order chi connectivity index (χ0) is 20.4. The van der Waals surface area contributed by atoms with Crippen molar-refractivity contribution in [1.29, 1.82) is 0 Å². The van der Waals surface area contributed by atoms with Gasteiger partial charge in [0.1, 0.15) is 17.4 Å². The van der Waals surface area contributed by atoms with Crippen LogP contribution in [0.2, 0.25) is 0 Å². The van der Waals surface area contributed by atoms with Gasteiger partial charge in [0.15, 0.2) is 5.82 Å². The molecule has 1 aromatic carbocycles. The Morgan fingerprint density at radius 2 is 2.03 bits per heavy atom. The minimum Gasteiger partial charge on any atom is -0.337 e. The van der Waals surface area contributed by atoms with E-state index in [1.54, 1.807) is 4.90 Å². The number of hydrogen-bond donors (Lipinski definition) is 1. The number of carbonyl (C=O) groups is 1. The fourth-order valence-electron chi connectivity index (χ4n) is 3.49. The van der Waals surface area contributed by atoms with Crippen molar-refractivity contribution in [3.05, 3.63) is 64.2 Å². The zero-order valence-electron chi connectivity index (χ0n) is 16.5. The van der Waals surface area contributed by atoms with Gasteiger partial charge in [-0.3, -0.25) is 9.59 Å². The fraction of sp³-hybridized carbons (Fsp3) is 0.381. The monoisotopic (exact) mass is 393 g/mol. The number of piperidine rings is 1. The van der Waals surface area contributed by atoms with Gasteiger partial charge >= 0.3 is 0 Å². The highest BCUT2D eigenvalue weighted by molar-refractivity contribution is 5.94. The second-order valence-electron chi connectivity index (χ2n) is 7.50. The van der Waals surface area contributed by atoms with Crippen LogP contribution in [0.25, 0.3) is 11.4 Å². The molecule has 1 aliphatic heterocycles. The molecule has 2 aromatic heterocycles. The number of aromatic nitrogens is 4. The molecule has 0 radical (unpaired) electrons. The molecule has 0 bridgehead atoms. The summed E-state index contributed by atoms with van der Waals surface area (Å²) in [6, 6.07) is 8.98. The molecule has 3 heterocycles. The maximum absolute atomic E-state index is 13.2. The average Bonchev–Trinajstić information content (AvgIpc) is 3.24. The lowest BCUT2D eigenvalue weighted by molar-refractivity contribution is 0.0559. The van der Waals surface area contributed by atoms with Crippen molar-refractivity contribution in [1.82, 2.24) is 25.0 Å². The molecule has 0 spiro atoms. The number of H-pyrrole nitrogens is 1. The quantitative estimate of drug-likeness (QED) is 0.729. The first kappa shape index (κ1) is 19.0. The van der Waals surface area contributed by atoms with Gasteiger partial charge in [-0.1, -0.05) is 49.3 Å². The van der Waals surface area contributed by atoms with E-state index in [4.69, 9.17) is 4.52 Å². The number of carbonyl (C=O) groups excluding carboxylic acids is 1. The number of nitrogens with one attached hydrogen (secondary N) is 1. The van der Waals surface area contributed by atoms with Gasteiger partial charge in [0.25, 0.3) is 11.5 Å². The predicted octanol–water partition coefficient (Wildman–Crippen LogP) is 3.31. The second-order valence-corrected chi connectivity index (χ2v) is 7.50. The molecule has 0 aliphatic carbocycles. The molecule has 1 saturated heterocycles. The maximum Gasteiger partial charge on any atom is 0.264 e. The number of amides is 1. The molecular weight excluding hydrogens is 370 g/mol. The molecular formula is C21H23N5O3. The summed E-state index contributed by atoms with van der Waals surface area (Å²) in [7, 11) is 0. The lowest BCUT2D eigenvalue weighted by Gasteiger charge is -2.33. The van der Waals surface area contributed by atoms with E-state index < -0.39 is 5.56 Å². The summed E-state index contributed by atoms with van der Waals surface area (Å²) >= 11 is 0. The average molecular weight is 393 g/mol. The second kappa shape index (κ2) is 7.98. The summed E-state index contributed by atoms with van der Waals surface area (Å²) in [6.07, 6.45) is 3.89. The summed E-state index contributed by atoms with van der Waals surface area (Å²) in [5.74, 6) is 1.24. The normalized spacial score (nSPS) is 16.9. The molecule has 0 saturated carbocycles. The molecule has 1 atom stereocenters. The molecule has 1 unspecified atom stereocenters. The van der Waals surface area contributed by atoms with Crippen LogP contribution in [0.1, 0.15) is 67.1 Å². The first-order chi connectivity index (χ1) is 14.0. The van der Waals surface area contributed by atoms with Crippen LogP contribution in [0.3, 0.4) is 0 Å². The molecule has 1 fully saturated rings. The van der Waals surface area contributed by atoms with Crippen LogP contribution in [-0.2, 0) is 0 Å². The van der Waals surface area contributed by atoms with E-state index in [-0.39, 0.29) is 23.4 Å². The number of nitrogens with zero attached hydrogens (tertiary/aromatic N) is 4. The summed E-state index contributed by atoms with van der Waals surface area (Å²) in [4.78, 5) is 38.9. The summed E-state index contributed by atoms with van der Waals surface area (Å²) in [6.45, 7) is 4.50. The molecule has 8 nitrogen and oxygen atoms in total. The van der Waals surface area contributed by atoms with Crippen molar-refractivity contribution in [3.63, 3.8) is 0 Å². The van der Waals surface area contributed by atoms with Gasteiger partial charge in [-0.05, 0) is 19.3 Å². The van der Waals surface area contributed by atoms with E-state index in [9.17, 15) is 9.59 Å². The van der Waals surface area contributed by atoms with Crippen molar-refractivity contribution in [2.75, 3.05) is 6.54 Å².